The Morgan fingerprint density at radius 3 is 3.00 bits per heavy atom. The number of hydrogen-bond acceptors (Lipinski definition) is 6. The van der Waals surface area contributed by atoms with Gasteiger partial charge in [-0.1, -0.05) is 23.9 Å². The maximum Gasteiger partial charge on any atom is 0.319 e. The molecule has 3 rings (SSSR count). The van der Waals surface area contributed by atoms with Crippen molar-refractivity contribution < 1.29 is 17.9 Å². The predicted molar refractivity (Wildman–Crippen MR) is 82.9 cm³/mol. The topological polar surface area (TPSA) is 66.0 Å². The van der Waals surface area contributed by atoms with Crippen LogP contribution in [0.1, 0.15) is 23.8 Å². The molecule has 126 valence electrons. The van der Waals surface area contributed by atoms with Crippen molar-refractivity contribution in [2.75, 3.05) is 0 Å². The van der Waals surface area contributed by atoms with Crippen LogP contribution < -0.4 is 4.74 Å². The number of alkyl halides is 2. The standard InChI is InChI=1S/C15H14F2N4O2S/c1-10-3-2-4-11(7-10)22-8-13-19-20-15(23-13)24-9-12-18-5-6-21(12)14(16)17/h2-7,14H,8-9H2,1H3. The molecule has 24 heavy (non-hydrogen) atoms. The first-order valence-corrected chi connectivity index (χ1v) is 8.05. The largest absolute Gasteiger partial charge is 0.484 e. The SMILES string of the molecule is Cc1cccc(OCc2nnc(SCc3nccn3C(F)F)o2)c1. The molecule has 0 fully saturated rings. The molecule has 0 radical (unpaired) electrons. The molecule has 0 spiro atoms. The quantitative estimate of drug-likeness (QED) is 0.602. The van der Waals surface area contributed by atoms with E-state index < -0.39 is 6.55 Å². The smallest absolute Gasteiger partial charge is 0.319 e. The second kappa shape index (κ2) is 7.43. The summed E-state index contributed by atoms with van der Waals surface area (Å²) in [5, 5.41) is 8.01. The van der Waals surface area contributed by atoms with E-state index in [0.29, 0.717) is 11.6 Å². The zero-order valence-corrected chi connectivity index (χ0v) is 13.5. The van der Waals surface area contributed by atoms with Gasteiger partial charge in [0.2, 0.25) is 0 Å². The number of ether oxygens (including phenoxy) is 1. The Hall–Kier alpha value is -2.42. The van der Waals surface area contributed by atoms with E-state index in [9.17, 15) is 8.78 Å². The summed E-state index contributed by atoms with van der Waals surface area (Å²) in [6.07, 6.45) is 2.56. The van der Waals surface area contributed by atoms with Gasteiger partial charge in [0.1, 0.15) is 11.6 Å². The van der Waals surface area contributed by atoms with Crippen molar-refractivity contribution in [1.29, 1.82) is 0 Å². The van der Waals surface area contributed by atoms with Gasteiger partial charge in [-0.2, -0.15) is 8.78 Å². The Kier molecular flexibility index (Phi) is 5.09. The highest BCUT2D eigenvalue weighted by atomic mass is 32.2. The molecular formula is C15H14F2N4O2S. The average molecular weight is 352 g/mol. The number of aromatic nitrogens is 4. The first-order valence-electron chi connectivity index (χ1n) is 7.06. The van der Waals surface area contributed by atoms with Crippen LogP contribution >= 0.6 is 11.8 Å². The summed E-state index contributed by atoms with van der Waals surface area (Å²) in [5.74, 6) is 1.47. The van der Waals surface area contributed by atoms with Gasteiger partial charge in [0.05, 0.1) is 5.75 Å². The van der Waals surface area contributed by atoms with Gasteiger partial charge in [0, 0.05) is 12.4 Å². The monoisotopic (exact) mass is 352 g/mol. The number of thioether (sulfide) groups is 1. The highest BCUT2D eigenvalue weighted by Gasteiger charge is 2.14. The summed E-state index contributed by atoms with van der Waals surface area (Å²) in [7, 11) is 0. The fraction of sp³-hybridized carbons (Fsp3) is 0.267. The van der Waals surface area contributed by atoms with Gasteiger partial charge in [-0.15, -0.1) is 10.2 Å². The minimum atomic E-state index is -2.62. The van der Waals surface area contributed by atoms with Crippen LogP contribution in [0, 0.1) is 6.92 Å². The Morgan fingerprint density at radius 2 is 2.21 bits per heavy atom. The van der Waals surface area contributed by atoms with Crippen molar-refractivity contribution in [2.45, 2.75) is 31.1 Å². The van der Waals surface area contributed by atoms with E-state index in [2.05, 4.69) is 15.2 Å². The number of hydrogen-bond donors (Lipinski definition) is 0. The van der Waals surface area contributed by atoms with Gasteiger partial charge in [-0.3, -0.25) is 4.57 Å². The molecule has 0 bridgehead atoms. The first-order chi connectivity index (χ1) is 11.6. The Labute approximate surface area is 140 Å². The predicted octanol–water partition coefficient (Wildman–Crippen LogP) is 3.84. The molecule has 0 aliphatic rings. The van der Waals surface area contributed by atoms with Crippen LogP contribution in [-0.4, -0.2) is 19.7 Å². The van der Waals surface area contributed by atoms with Crippen molar-refractivity contribution in [2.24, 2.45) is 0 Å². The molecule has 0 aliphatic carbocycles. The number of halogens is 2. The van der Waals surface area contributed by atoms with Crippen LogP contribution in [0.4, 0.5) is 8.78 Å². The molecule has 2 heterocycles. The molecule has 0 N–H and O–H groups in total. The second-order valence-corrected chi connectivity index (χ2v) is 5.81. The normalized spacial score (nSPS) is 11.2. The molecule has 0 saturated heterocycles. The molecule has 0 atom stereocenters. The molecule has 9 heteroatoms. The second-order valence-electron chi connectivity index (χ2n) is 4.88. The fourth-order valence-electron chi connectivity index (χ4n) is 1.96. The molecule has 3 aromatic rings. The molecule has 0 amide bonds. The maximum absolute atomic E-state index is 12.7. The number of benzene rings is 1. The Morgan fingerprint density at radius 1 is 1.33 bits per heavy atom. The number of aryl methyl sites for hydroxylation is 1. The third-order valence-corrected chi connectivity index (χ3v) is 3.90. The van der Waals surface area contributed by atoms with Crippen LogP contribution in [0.15, 0.2) is 46.3 Å². The Bertz CT molecular complexity index is 806. The molecule has 0 saturated carbocycles. The van der Waals surface area contributed by atoms with Crippen LogP contribution in [-0.2, 0) is 12.4 Å². The third-order valence-electron chi connectivity index (χ3n) is 3.08. The molecular weight excluding hydrogens is 338 g/mol. The van der Waals surface area contributed by atoms with Crippen molar-refractivity contribution in [1.82, 2.24) is 19.7 Å². The lowest BCUT2D eigenvalue weighted by molar-refractivity contribution is 0.0678. The van der Waals surface area contributed by atoms with E-state index in [1.807, 2.05) is 31.2 Å². The summed E-state index contributed by atoms with van der Waals surface area (Å²) in [6, 6.07) is 7.60. The molecule has 1 aromatic carbocycles. The number of rotatable bonds is 7. The van der Waals surface area contributed by atoms with Crippen LogP contribution in [0.2, 0.25) is 0 Å². The van der Waals surface area contributed by atoms with E-state index in [4.69, 9.17) is 9.15 Å². The minimum Gasteiger partial charge on any atom is -0.484 e. The van der Waals surface area contributed by atoms with Gasteiger partial charge in [-0.25, -0.2) is 4.98 Å². The summed E-state index contributed by atoms with van der Waals surface area (Å²) < 4.78 is 37.2. The van der Waals surface area contributed by atoms with Crippen LogP contribution in [0.25, 0.3) is 0 Å². The van der Waals surface area contributed by atoms with Gasteiger partial charge >= 0.3 is 6.55 Å². The Balaban J connectivity index is 1.54. The first kappa shape index (κ1) is 16.4. The average Bonchev–Trinajstić information content (AvgIpc) is 3.20. The van der Waals surface area contributed by atoms with E-state index in [0.717, 1.165) is 21.9 Å². The lowest BCUT2D eigenvalue weighted by Gasteiger charge is -2.04. The zero-order valence-electron chi connectivity index (χ0n) is 12.7. The lowest BCUT2D eigenvalue weighted by Crippen LogP contribution is -2.01. The minimum absolute atomic E-state index is 0.142. The number of nitrogens with zero attached hydrogens (tertiary/aromatic N) is 4. The molecule has 0 aliphatic heterocycles. The summed E-state index contributed by atoms with van der Waals surface area (Å²) in [6.45, 7) is -0.510. The van der Waals surface area contributed by atoms with Crippen molar-refractivity contribution >= 4 is 11.8 Å². The highest BCUT2D eigenvalue weighted by Crippen LogP contribution is 2.23. The summed E-state index contributed by atoms with van der Waals surface area (Å²) in [5.41, 5.74) is 1.09. The third kappa shape index (κ3) is 4.10. The van der Waals surface area contributed by atoms with E-state index in [-0.39, 0.29) is 23.4 Å². The zero-order chi connectivity index (χ0) is 16.9. The number of imidazole rings is 1. The maximum atomic E-state index is 12.7. The van der Waals surface area contributed by atoms with Gasteiger partial charge < -0.3 is 9.15 Å². The van der Waals surface area contributed by atoms with Crippen LogP contribution in [0.3, 0.4) is 0 Å². The summed E-state index contributed by atoms with van der Waals surface area (Å²) in [4.78, 5) is 3.89. The van der Waals surface area contributed by atoms with Crippen molar-refractivity contribution in [3.05, 3.63) is 53.9 Å². The van der Waals surface area contributed by atoms with E-state index in [1.165, 1.54) is 12.4 Å². The van der Waals surface area contributed by atoms with Crippen LogP contribution in [0.5, 0.6) is 5.75 Å². The van der Waals surface area contributed by atoms with Crippen molar-refractivity contribution in [3.8, 4) is 5.75 Å². The van der Waals surface area contributed by atoms with Gasteiger partial charge in [0.15, 0.2) is 6.61 Å². The highest BCUT2D eigenvalue weighted by molar-refractivity contribution is 7.98. The van der Waals surface area contributed by atoms with Gasteiger partial charge in [-0.05, 0) is 24.6 Å². The van der Waals surface area contributed by atoms with E-state index in [1.54, 1.807) is 0 Å². The molecule has 0 unspecified atom stereocenters. The fourth-order valence-corrected chi connectivity index (χ4v) is 2.69. The van der Waals surface area contributed by atoms with Crippen molar-refractivity contribution in [3.63, 3.8) is 0 Å². The molecule has 6 nitrogen and oxygen atoms in total. The van der Waals surface area contributed by atoms with E-state index >= 15 is 0 Å². The molecule has 2 aromatic heterocycles. The van der Waals surface area contributed by atoms with Gasteiger partial charge in [0.25, 0.3) is 11.1 Å². The summed E-state index contributed by atoms with van der Waals surface area (Å²) >= 11 is 1.14. The lowest BCUT2D eigenvalue weighted by atomic mass is 10.2.